The van der Waals surface area contributed by atoms with Crippen molar-refractivity contribution in [3.63, 3.8) is 0 Å². The fourth-order valence-electron chi connectivity index (χ4n) is 10.0. The highest BCUT2D eigenvalue weighted by Gasteiger charge is 2.21. The lowest BCUT2D eigenvalue weighted by Crippen LogP contribution is -2.07. The molecular formula is C63H41N5. The van der Waals surface area contributed by atoms with E-state index in [9.17, 15) is 0 Å². The van der Waals surface area contributed by atoms with E-state index in [1.807, 2.05) is 18.2 Å². The number of nitrogens with zero attached hydrogens (tertiary/aromatic N) is 5. The second kappa shape index (κ2) is 16.4. The standard InChI is InChI=1S/C63H41N5/c1-4-19-42(20-5-1)47-37-38-59(67-56-34-13-10-29-51(56)52-30-11-14-35-57(52)67)55(41-47)48-27-16-25-45(39-48)46-26-17-28-49(40-46)62-64-61(44-23-8-3-9-24-44)65-63(66-62)68-58-36-15-12-31-53(58)54-33-18-32-50(60(54)68)43-21-6-2-7-22-43/h1-41H. The first-order chi connectivity index (χ1) is 33.7. The van der Waals surface area contributed by atoms with E-state index in [0.29, 0.717) is 17.6 Å². The largest absolute Gasteiger partial charge is 0.309 e. The summed E-state index contributed by atoms with van der Waals surface area (Å²) in [5.41, 5.74) is 16.4. The Balaban J connectivity index is 0.981. The molecule has 0 atom stereocenters. The van der Waals surface area contributed by atoms with Gasteiger partial charge in [0.15, 0.2) is 11.6 Å². The first-order valence-corrected chi connectivity index (χ1v) is 23.0. The molecule has 0 fully saturated rings. The van der Waals surface area contributed by atoms with Gasteiger partial charge in [-0.1, -0.05) is 206 Å². The van der Waals surface area contributed by atoms with Crippen LogP contribution in [0.5, 0.6) is 0 Å². The van der Waals surface area contributed by atoms with Crippen LogP contribution in [0.2, 0.25) is 0 Å². The van der Waals surface area contributed by atoms with Gasteiger partial charge in [0.1, 0.15) is 0 Å². The van der Waals surface area contributed by atoms with Gasteiger partial charge in [0, 0.05) is 43.8 Å². The van der Waals surface area contributed by atoms with Crippen LogP contribution in [0.1, 0.15) is 0 Å². The summed E-state index contributed by atoms with van der Waals surface area (Å²) in [5.74, 6) is 1.77. The minimum absolute atomic E-state index is 0.562. The molecule has 0 saturated carbocycles. The molecule has 0 aliphatic carbocycles. The Bertz CT molecular complexity index is 3970. The average molecular weight is 868 g/mol. The van der Waals surface area contributed by atoms with Crippen molar-refractivity contribution in [2.45, 2.75) is 0 Å². The number of benzene rings is 10. The van der Waals surface area contributed by atoms with Crippen LogP contribution < -0.4 is 0 Å². The molecule has 68 heavy (non-hydrogen) atoms. The van der Waals surface area contributed by atoms with Crippen LogP contribution in [-0.4, -0.2) is 24.1 Å². The van der Waals surface area contributed by atoms with Crippen molar-refractivity contribution < 1.29 is 0 Å². The molecular weight excluding hydrogens is 827 g/mol. The fraction of sp³-hybridized carbons (Fsp3) is 0. The molecule has 318 valence electrons. The molecule has 0 spiro atoms. The zero-order valence-electron chi connectivity index (χ0n) is 36.9. The molecule has 0 saturated heterocycles. The molecule has 13 aromatic rings. The van der Waals surface area contributed by atoms with Crippen molar-refractivity contribution in [2.75, 3.05) is 0 Å². The summed E-state index contributed by atoms with van der Waals surface area (Å²) in [6.45, 7) is 0. The quantitative estimate of drug-likeness (QED) is 0.153. The predicted octanol–water partition coefficient (Wildman–Crippen LogP) is 16.1. The lowest BCUT2D eigenvalue weighted by Gasteiger charge is -2.17. The zero-order chi connectivity index (χ0) is 45.0. The minimum Gasteiger partial charge on any atom is -0.309 e. The van der Waals surface area contributed by atoms with Crippen molar-refractivity contribution in [1.82, 2.24) is 24.1 Å². The SMILES string of the molecule is c1ccc(-c2ccc(-n3c4ccccc4c4ccccc43)c(-c3cccc(-c4cccc(-c5nc(-c6ccccc6)nc(-n6c7ccccc7c7cccc(-c8ccccc8)c76)n5)c4)c3)c2)cc1. The van der Waals surface area contributed by atoms with Crippen molar-refractivity contribution >= 4 is 43.6 Å². The summed E-state index contributed by atoms with van der Waals surface area (Å²) in [6, 6.07) is 88.3. The average Bonchev–Trinajstić information content (AvgIpc) is 3.95. The third-order valence-electron chi connectivity index (χ3n) is 13.2. The van der Waals surface area contributed by atoms with Gasteiger partial charge in [0.25, 0.3) is 0 Å². The van der Waals surface area contributed by atoms with Gasteiger partial charge in [-0.05, 0) is 75.8 Å². The van der Waals surface area contributed by atoms with E-state index in [1.54, 1.807) is 0 Å². The van der Waals surface area contributed by atoms with E-state index < -0.39 is 0 Å². The van der Waals surface area contributed by atoms with Gasteiger partial charge in [-0.3, -0.25) is 4.57 Å². The number of hydrogen-bond acceptors (Lipinski definition) is 3. The molecule has 5 nitrogen and oxygen atoms in total. The summed E-state index contributed by atoms with van der Waals surface area (Å²) in [6.07, 6.45) is 0. The monoisotopic (exact) mass is 867 g/mol. The van der Waals surface area contributed by atoms with Gasteiger partial charge in [-0.25, -0.2) is 4.98 Å². The summed E-state index contributed by atoms with van der Waals surface area (Å²) >= 11 is 0. The second-order valence-electron chi connectivity index (χ2n) is 17.2. The molecule has 0 aliphatic heterocycles. The molecule has 0 N–H and O–H groups in total. The molecule has 0 amide bonds. The number of fused-ring (bicyclic) bond motifs is 6. The summed E-state index contributed by atoms with van der Waals surface area (Å²) in [7, 11) is 0. The van der Waals surface area contributed by atoms with Crippen LogP contribution >= 0.6 is 0 Å². The van der Waals surface area contributed by atoms with E-state index in [2.05, 4.69) is 240 Å². The van der Waals surface area contributed by atoms with E-state index >= 15 is 0 Å². The van der Waals surface area contributed by atoms with E-state index in [0.717, 1.165) is 77.6 Å². The first kappa shape index (κ1) is 39.2. The third-order valence-corrected chi connectivity index (χ3v) is 13.2. The lowest BCUT2D eigenvalue weighted by molar-refractivity contribution is 0.954. The number of aromatic nitrogens is 5. The van der Waals surface area contributed by atoms with Crippen LogP contribution in [0.3, 0.4) is 0 Å². The van der Waals surface area contributed by atoms with Gasteiger partial charge < -0.3 is 4.57 Å². The topological polar surface area (TPSA) is 48.5 Å². The summed E-state index contributed by atoms with van der Waals surface area (Å²) < 4.78 is 4.64. The maximum atomic E-state index is 5.37. The lowest BCUT2D eigenvalue weighted by atomic mass is 9.94. The third kappa shape index (κ3) is 6.68. The van der Waals surface area contributed by atoms with Crippen LogP contribution in [0, 0.1) is 0 Å². The van der Waals surface area contributed by atoms with Gasteiger partial charge in [-0.15, -0.1) is 0 Å². The number of para-hydroxylation sites is 4. The van der Waals surface area contributed by atoms with Gasteiger partial charge in [-0.2, -0.15) is 9.97 Å². The van der Waals surface area contributed by atoms with Gasteiger partial charge in [0.2, 0.25) is 5.95 Å². The summed E-state index contributed by atoms with van der Waals surface area (Å²) in [5, 5.41) is 4.75. The number of hydrogen-bond donors (Lipinski definition) is 0. The first-order valence-electron chi connectivity index (χ1n) is 23.0. The van der Waals surface area contributed by atoms with Crippen molar-refractivity contribution in [1.29, 1.82) is 0 Å². The number of rotatable bonds is 8. The molecule has 0 radical (unpaired) electrons. The molecule has 0 bridgehead atoms. The Hall–Kier alpha value is -9.19. The Morgan fingerprint density at radius 1 is 0.250 bits per heavy atom. The molecule has 0 unspecified atom stereocenters. The molecule has 13 rings (SSSR count). The van der Waals surface area contributed by atoms with Crippen LogP contribution in [-0.2, 0) is 0 Å². The van der Waals surface area contributed by atoms with E-state index in [-0.39, 0.29) is 0 Å². The highest BCUT2D eigenvalue weighted by atomic mass is 15.2. The zero-order valence-corrected chi connectivity index (χ0v) is 36.9. The Morgan fingerprint density at radius 3 is 1.34 bits per heavy atom. The van der Waals surface area contributed by atoms with Crippen LogP contribution in [0.25, 0.3) is 123 Å². The molecule has 3 aromatic heterocycles. The summed E-state index contributed by atoms with van der Waals surface area (Å²) in [4.78, 5) is 15.9. The Labute approximate surface area is 393 Å². The van der Waals surface area contributed by atoms with E-state index in [4.69, 9.17) is 15.0 Å². The molecule has 5 heteroatoms. The minimum atomic E-state index is 0.562. The molecule has 0 aliphatic rings. The normalized spacial score (nSPS) is 11.5. The van der Waals surface area contributed by atoms with E-state index in [1.165, 1.54) is 27.4 Å². The van der Waals surface area contributed by atoms with Crippen molar-refractivity contribution in [3.8, 4) is 78.9 Å². The maximum absolute atomic E-state index is 5.37. The maximum Gasteiger partial charge on any atom is 0.238 e. The van der Waals surface area contributed by atoms with Gasteiger partial charge >= 0.3 is 0 Å². The van der Waals surface area contributed by atoms with Crippen LogP contribution in [0.4, 0.5) is 0 Å². The van der Waals surface area contributed by atoms with Gasteiger partial charge in [0.05, 0.1) is 27.8 Å². The highest BCUT2D eigenvalue weighted by molar-refractivity contribution is 6.14. The highest BCUT2D eigenvalue weighted by Crippen LogP contribution is 2.41. The fourth-order valence-corrected chi connectivity index (χ4v) is 10.0. The van der Waals surface area contributed by atoms with Crippen molar-refractivity contribution in [2.24, 2.45) is 0 Å². The second-order valence-corrected chi connectivity index (χ2v) is 17.2. The smallest absolute Gasteiger partial charge is 0.238 e. The van der Waals surface area contributed by atoms with Crippen LogP contribution in [0.15, 0.2) is 249 Å². The van der Waals surface area contributed by atoms with Crippen molar-refractivity contribution in [3.05, 3.63) is 249 Å². The predicted molar refractivity (Wildman–Crippen MR) is 281 cm³/mol. The Morgan fingerprint density at radius 2 is 0.691 bits per heavy atom. The molecule has 3 heterocycles. The molecule has 10 aromatic carbocycles. The Kier molecular flexibility index (Phi) is 9.43.